The van der Waals surface area contributed by atoms with Gasteiger partial charge in [0.15, 0.2) is 5.84 Å². The first-order chi connectivity index (χ1) is 10.1. The lowest BCUT2D eigenvalue weighted by Gasteiger charge is -2.30. The van der Waals surface area contributed by atoms with E-state index >= 15 is 0 Å². The molecule has 0 unspecified atom stereocenters. The average Bonchev–Trinajstić information content (AvgIpc) is 3.08. The second-order valence-electron chi connectivity index (χ2n) is 5.66. The summed E-state index contributed by atoms with van der Waals surface area (Å²) in [5.41, 5.74) is 6.37. The van der Waals surface area contributed by atoms with Gasteiger partial charge in [-0.15, -0.1) is 4.40 Å². The molecule has 1 aromatic carbocycles. The normalized spacial score (nSPS) is 20.3. The van der Waals surface area contributed by atoms with Gasteiger partial charge in [-0.2, -0.15) is 8.42 Å². The van der Waals surface area contributed by atoms with E-state index in [1.807, 2.05) is 12.1 Å². The fourth-order valence-corrected chi connectivity index (χ4v) is 4.45. The number of sulfonamides is 1. The summed E-state index contributed by atoms with van der Waals surface area (Å²) in [5, 5.41) is 0. The number of fused-ring (bicyclic) bond motifs is 1. The maximum Gasteiger partial charge on any atom is 0.285 e. The number of amidine groups is 1. The van der Waals surface area contributed by atoms with Crippen LogP contribution in [-0.2, 0) is 10.0 Å². The molecule has 6 heteroatoms. The number of rotatable bonds is 4. The minimum Gasteiger partial charge on any atom is -0.352 e. The number of nitrogens with two attached hydrogens (primary N) is 1. The third-order valence-electron chi connectivity index (χ3n) is 4.25. The standard InChI is InChI=1S/C15H21N3O2S/c16-10-5-11-18(12-6-1-2-7-12)15-13-8-3-4-9-14(13)21(19,20)17-15/h3-4,8-9,12H,1-2,5-7,10-11,16H2. The summed E-state index contributed by atoms with van der Waals surface area (Å²) in [6.45, 7) is 1.37. The van der Waals surface area contributed by atoms with Crippen LogP contribution < -0.4 is 5.73 Å². The molecule has 1 heterocycles. The van der Waals surface area contributed by atoms with Crippen LogP contribution in [0.1, 0.15) is 37.7 Å². The van der Waals surface area contributed by atoms with Crippen LogP contribution in [0.5, 0.6) is 0 Å². The van der Waals surface area contributed by atoms with Crippen molar-refractivity contribution in [1.29, 1.82) is 0 Å². The SMILES string of the molecule is NCCCN(C1=NS(=O)(=O)c2ccccc21)C1CCCC1. The maximum absolute atomic E-state index is 12.2. The van der Waals surface area contributed by atoms with Crippen molar-refractivity contribution in [1.82, 2.24) is 4.90 Å². The van der Waals surface area contributed by atoms with Crippen LogP contribution >= 0.6 is 0 Å². The van der Waals surface area contributed by atoms with Crippen molar-refractivity contribution in [2.24, 2.45) is 10.1 Å². The monoisotopic (exact) mass is 307 g/mol. The molecular formula is C15H21N3O2S. The lowest BCUT2D eigenvalue weighted by molar-refractivity contribution is 0.313. The zero-order chi connectivity index (χ0) is 14.9. The van der Waals surface area contributed by atoms with Gasteiger partial charge in [-0.3, -0.25) is 0 Å². The highest BCUT2D eigenvalue weighted by Crippen LogP contribution is 2.31. The third kappa shape index (κ3) is 2.70. The largest absolute Gasteiger partial charge is 0.352 e. The molecule has 1 fully saturated rings. The van der Waals surface area contributed by atoms with Gasteiger partial charge in [0.25, 0.3) is 10.0 Å². The van der Waals surface area contributed by atoms with E-state index in [9.17, 15) is 8.42 Å². The molecule has 2 N–H and O–H groups in total. The number of benzene rings is 1. The second kappa shape index (κ2) is 5.77. The summed E-state index contributed by atoms with van der Waals surface area (Å²) < 4.78 is 28.5. The predicted molar refractivity (Wildman–Crippen MR) is 82.8 cm³/mol. The van der Waals surface area contributed by atoms with Crippen LogP contribution in [0.2, 0.25) is 0 Å². The predicted octanol–water partition coefficient (Wildman–Crippen LogP) is 1.73. The lowest BCUT2D eigenvalue weighted by Crippen LogP contribution is -2.40. The van der Waals surface area contributed by atoms with Gasteiger partial charge in [-0.05, 0) is 37.9 Å². The first-order valence-electron chi connectivity index (χ1n) is 7.54. The van der Waals surface area contributed by atoms with E-state index in [4.69, 9.17) is 5.73 Å². The van der Waals surface area contributed by atoms with Gasteiger partial charge in [0.2, 0.25) is 0 Å². The van der Waals surface area contributed by atoms with E-state index in [1.165, 1.54) is 12.8 Å². The quantitative estimate of drug-likeness (QED) is 0.919. The fraction of sp³-hybridized carbons (Fsp3) is 0.533. The molecule has 21 heavy (non-hydrogen) atoms. The maximum atomic E-state index is 12.2. The van der Waals surface area contributed by atoms with E-state index in [-0.39, 0.29) is 0 Å². The molecule has 1 aliphatic carbocycles. The van der Waals surface area contributed by atoms with Crippen LogP contribution in [0.25, 0.3) is 0 Å². The van der Waals surface area contributed by atoms with Gasteiger partial charge < -0.3 is 10.6 Å². The van der Waals surface area contributed by atoms with Crippen molar-refractivity contribution < 1.29 is 8.42 Å². The summed E-state index contributed by atoms with van der Waals surface area (Å²) in [7, 11) is -3.54. The van der Waals surface area contributed by atoms with E-state index in [0.29, 0.717) is 23.3 Å². The molecule has 3 rings (SSSR count). The summed E-state index contributed by atoms with van der Waals surface area (Å²) in [5.74, 6) is 0.617. The van der Waals surface area contributed by atoms with Gasteiger partial charge >= 0.3 is 0 Å². The van der Waals surface area contributed by atoms with Gasteiger partial charge in [0.1, 0.15) is 4.90 Å². The van der Waals surface area contributed by atoms with Crippen molar-refractivity contribution in [2.75, 3.05) is 13.1 Å². The Balaban J connectivity index is 1.99. The van der Waals surface area contributed by atoms with Crippen molar-refractivity contribution >= 4 is 15.9 Å². The highest BCUT2D eigenvalue weighted by atomic mass is 32.2. The highest BCUT2D eigenvalue weighted by molar-refractivity contribution is 7.90. The second-order valence-corrected chi connectivity index (χ2v) is 7.23. The molecular weight excluding hydrogens is 286 g/mol. The van der Waals surface area contributed by atoms with Crippen molar-refractivity contribution in [3.8, 4) is 0 Å². The number of nitrogens with zero attached hydrogens (tertiary/aromatic N) is 2. The Morgan fingerprint density at radius 1 is 1.24 bits per heavy atom. The highest BCUT2D eigenvalue weighted by Gasteiger charge is 2.34. The molecule has 0 atom stereocenters. The van der Waals surface area contributed by atoms with Gasteiger partial charge in [-0.1, -0.05) is 25.0 Å². The summed E-state index contributed by atoms with van der Waals surface area (Å²) in [4.78, 5) is 2.50. The first-order valence-corrected chi connectivity index (χ1v) is 8.98. The molecule has 0 spiro atoms. The number of hydrogen-bond acceptors (Lipinski definition) is 4. The molecule has 0 radical (unpaired) electrons. The Kier molecular flexibility index (Phi) is 3.99. The van der Waals surface area contributed by atoms with E-state index in [1.54, 1.807) is 12.1 Å². The van der Waals surface area contributed by atoms with Crippen molar-refractivity contribution in [3.05, 3.63) is 29.8 Å². The van der Waals surface area contributed by atoms with Crippen molar-refractivity contribution in [3.63, 3.8) is 0 Å². The molecule has 114 valence electrons. The molecule has 5 nitrogen and oxygen atoms in total. The van der Waals surface area contributed by atoms with Crippen LogP contribution in [0.15, 0.2) is 33.6 Å². The van der Waals surface area contributed by atoms with Gasteiger partial charge in [0, 0.05) is 18.2 Å². The number of hydrogen-bond donors (Lipinski definition) is 1. The molecule has 0 bridgehead atoms. The van der Waals surface area contributed by atoms with E-state index < -0.39 is 10.0 Å². The Morgan fingerprint density at radius 2 is 1.95 bits per heavy atom. The Hall–Kier alpha value is -1.40. The molecule has 0 saturated heterocycles. The molecule has 1 aliphatic heterocycles. The van der Waals surface area contributed by atoms with Crippen LogP contribution in [0, 0.1) is 0 Å². The third-order valence-corrected chi connectivity index (χ3v) is 5.58. The molecule has 0 amide bonds. The average molecular weight is 307 g/mol. The van der Waals surface area contributed by atoms with E-state index in [2.05, 4.69) is 9.30 Å². The Labute approximate surface area is 125 Å². The molecule has 0 aromatic heterocycles. The topological polar surface area (TPSA) is 75.8 Å². The first kappa shape index (κ1) is 14.5. The van der Waals surface area contributed by atoms with Crippen LogP contribution in [0.3, 0.4) is 0 Å². The van der Waals surface area contributed by atoms with Crippen molar-refractivity contribution in [2.45, 2.75) is 43.0 Å². The van der Waals surface area contributed by atoms with E-state index in [0.717, 1.165) is 31.4 Å². The Morgan fingerprint density at radius 3 is 2.67 bits per heavy atom. The molecule has 1 saturated carbocycles. The van der Waals surface area contributed by atoms with Crippen LogP contribution in [0.4, 0.5) is 0 Å². The minimum atomic E-state index is -3.54. The molecule has 1 aromatic rings. The van der Waals surface area contributed by atoms with Gasteiger partial charge in [-0.25, -0.2) is 0 Å². The zero-order valence-corrected chi connectivity index (χ0v) is 12.8. The zero-order valence-electron chi connectivity index (χ0n) is 12.0. The summed E-state index contributed by atoms with van der Waals surface area (Å²) >= 11 is 0. The fourth-order valence-electron chi connectivity index (χ4n) is 3.23. The minimum absolute atomic E-state index is 0.329. The van der Waals surface area contributed by atoms with Crippen LogP contribution in [-0.4, -0.2) is 38.3 Å². The lowest BCUT2D eigenvalue weighted by atomic mass is 10.1. The summed E-state index contributed by atoms with van der Waals surface area (Å²) in [6, 6.07) is 7.48. The van der Waals surface area contributed by atoms with Gasteiger partial charge in [0.05, 0.1) is 0 Å². The Bertz CT molecular complexity index is 649. The summed E-state index contributed by atoms with van der Waals surface area (Å²) in [6.07, 6.45) is 5.45. The molecule has 2 aliphatic rings. The smallest absolute Gasteiger partial charge is 0.285 e.